The van der Waals surface area contributed by atoms with E-state index in [2.05, 4.69) is 18.8 Å². The van der Waals surface area contributed by atoms with Gasteiger partial charge in [0, 0.05) is 24.2 Å². The van der Waals surface area contributed by atoms with E-state index in [0.717, 1.165) is 11.4 Å². The zero-order valence-electron chi connectivity index (χ0n) is 9.08. The van der Waals surface area contributed by atoms with E-state index in [1.807, 2.05) is 25.1 Å². The van der Waals surface area contributed by atoms with Gasteiger partial charge in [-0.05, 0) is 25.0 Å². The van der Waals surface area contributed by atoms with Gasteiger partial charge >= 0.3 is 0 Å². The van der Waals surface area contributed by atoms with E-state index in [1.165, 1.54) is 0 Å². The molecule has 2 nitrogen and oxygen atoms in total. The fourth-order valence-corrected chi connectivity index (χ4v) is 1.43. The van der Waals surface area contributed by atoms with Crippen LogP contribution in [0.4, 0.5) is 0 Å². The second-order valence-electron chi connectivity index (χ2n) is 4.08. The monoisotopic (exact) mass is 191 g/mol. The Morgan fingerprint density at radius 1 is 1.43 bits per heavy atom. The number of carbonyl (C=O) groups excluding carboxylic acids is 1. The lowest BCUT2D eigenvalue weighted by molar-refractivity contribution is -0.119. The number of ketones is 1. The van der Waals surface area contributed by atoms with E-state index >= 15 is 0 Å². The average Bonchev–Trinajstić information content (AvgIpc) is 2.01. The Bertz CT molecular complexity index is 318. The van der Waals surface area contributed by atoms with E-state index in [0.29, 0.717) is 18.8 Å². The van der Waals surface area contributed by atoms with Gasteiger partial charge in [0.15, 0.2) is 0 Å². The summed E-state index contributed by atoms with van der Waals surface area (Å²) >= 11 is 0. The lowest BCUT2D eigenvalue weighted by Crippen LogP contribution is -2.07. The minimum atomic E-state index is 0.276. The number of aryl methyl sites for hydroxylation is 1. The molecule has 0 spiro atoms. The van der Waals surface area contributed by atoms with Crippen molar-refractivity contribution in [3.8, 4) is 0 Å². The largest absolute Gasteiger partial charge is 0.299 e. The van der Waals surface area contributed by atoms with Crippen LogP contribution < -0.4 is 0 Å². The van der Waals surface area contributed by atoms with Crippen molar-refractivity contribution in [3.05, 3.63) is 29.6 Å². The summed E-state index contributed by atoms with van der Waals surface area (Å²) in [6, 6.07) is 5.79. The molecular weight excluding hydrogens is 174 g/mol. The molecule has 0 aliphatic heterocycles. The first kappa shape index (κ1) is 10.9. The molecule has 0 radical (unpaired) electrons. The van der Waals surface area contributed by atoms with E-state index in [1.54, 1.807) is 0 Å². The van der Waals surface area contributed by atoms with Crippen molar-refractivity contribution >= 4 is 5.78 Å². The molecule has 0 amide bonds. The van der Waals surface area contributed by atoms with Gasteiger partial charge in [-0.1, -0.05) is 19.9 Å². The van der Waals surface area contributed by atoms with Gasteiger partial charge in [-0.15, -0.1) is 0 Å². The van der Waals surface area contributed by atoms with Crippen molar-refractivity contribution in [3.63, 3.8) is 0 Å². The maximum atomic E-state index is 11.5. The van der Waals surface area contributed by atoms with Crippen LogP contribution in [0.3, 0.4) is 0 Å². The van der Waals surface area contributed by atoms with Crippen LogP contribution in [0.25, 0.3) is 0 Å². The first-order chi connectivity index (χ1) is 6.58. The second-order valence-corrected chi connectivity index (χ2v) is 4.08. The lowest BCUT2D eigenvalue weighted by atomic mass is 10.0. The summed E-state index contributed by atoms with van der Waals surface area (Å²) < 4.78 is 0. The van der Waals surface area contributed by atoms with E-state index in [9.17, 15) is 4.79 Å². The first-order valence-corrected chi connectivity index (χ1v) is 5.02. The molecule has 2 heteroatoms. The van der Waals surface area contributed by atoms with Gasteiger partial charge in [-0.25, -0.2) is 0 Å². The molecule has 1 aromatic heterocycles. The first-order valence-electron chi connectivity index (χ1n) is 5.02. The molecular formula is C12H17NO. The van der Waals surface area contributed by atoms with Crippen molar-refractivity contribution in [1.82, 2.24) is 4.98 Å². The number of hydrogen-bond acceptors (Lipinski definition) is 2. The zero-order chi connectivity index (χ0) is 10.6. The maximum Gasteiger partial charge on any atom is 0.139 e. The highest BCUT2D eigenvalue weighted by Gasteiger charge is 2.06. The Kier molecular flexibility index (Phi) is 3.81. The van der Waals surface area contributed by atoms with Crippen molar-refractivity contribution in [1.29, 1.82) is 0 Å². The van der Waals surface area contributed by atoms with Gasteiger partial charge < -0.3 is 0 Å². The van der Waals surface area contributed by atoms with Crippen LogP contribution in [0, 0.1) is 12.8 Å². The van der Waals surface area contributed by atoms with Crippen LogP contribution in [0.5, 0.6) is 0 Å². The predicted molar refractivity (Wildman–Crippen MR) is 57.1 cm³/mol. The Balaban J connectivity index is 2.56. The average molecular weight is 191 g/mol. The van der Waals surface area contributed by atoms with Crippen molar-refractivity contribution in [2.24, 2.45) is 5.92 Å². The molecule has 0 aliphatic rings. The standard InChI is InChI=1S/C12H17NO/c1-9(2)7-12(14)8-11-6-4-5-10(3)13-11/h4-6,9H,7-8H2,1-3H3. The molecule has 0 saturated carbocycles. The van der Waals surface area contributed by atoms with Gasteiger partial charge in [0.05, 0.1) is 0 Å². The molecule has 1 heterocycles. The fraction of sp³-hybridized carbons (Fsp3) is 0.500. The smallest absolute Gasteiger partial charge is 0.139 e. The van der Waals surface area contributed by atoms with Gasteiger partial charge in [0.1, 0.15) is 5.78 Å². The van der Waals surface area contributed by atoms with Crippen LogP contribution >= 0.6 is 0 Å². The SMILES string of the molecule is Cc1cccc(CC(=O)CC(C)C)n1. The summed E-state index contributed by atoms with van der Waals surface area (Å²) in [6.45, 7) is 6.06. The van der Waals surface area contributed by atoms with Crippen LogP contribution in [0.2, 0.25) is 0 Å². The quantitative estimate of drug-likeness (QED) is 0.732. The summed E-state index contributed by atoms with van der Waals surface area (Å²) in [4.78, 5) is 15.8. The predicted octanol–water partition coefficient (Wildman–Crippen LogP) is 2.55. The molecule has 0 saturated heterocycles. The van der Waals surface area contributed by atoms with Crippen LogP contribution in [-0.4, -0.2) is 10.8 Å². The summed E-state index contributed by atoms with van der Waals surface area (Å²) in [5, 5.41) is 0. The van der Waals surface area contributed by atoms with Gasteiger partial charge in [0.25, 0.3) is 0 Å². The zero-order valence-corrected chi connectivity index (χ0v) is 9.08. The number of carbonyl (C=O) groups is 1. The van der Waals surface area contributed by atoms with E-state index < -0.39 is 0 Å². The van der Waals surface area contributed by atoms with Gasteiger partial charge in [-0.3, -0.25) is 9.78 Å². The van der Waals surface area contributed by atoms with Crippen LogP contribution in [0.15, 0.2) is 18.2 Å². The van der Waals surface area contributed by atoms with Crippen molar-refractivity contribution in [2.45, 2.75) is 33.6 Å². The molecule has 0 bridgehead atoms. The topological polar surface area (TPSA) is 30.0 Å². The number of hydrogen-bond donors (Lipinski definition) is 0. The van der Waals surface area contributed by atoms with Crippen molar-refractivity contribution < 1.29 is 4.79 Å². The van der Waals surface area contributed by atoms with Crippen LogP contribution in [0.1, 0.15) is 31.7 Å². The van der Waals surface area contributed by atoms with E-state index in [-0.39, 0.29) is 5.78 Å². The number of Topliss-reactive ketones (excluding diaryl/α,β-unsaturated/α-hetero) is 1. The third kappa shape index (κ3) is 3.69. The minimum absolute atomic E-state index is 0.276. The Morgan fingerprint density at radius 2 is 2.14 bits per heavy atom. The van der Waals surface area contributed by atoms with Crippen LogP contribution in [-0.2, 0) is 11.2 Å². The molecule has 0 unspecified atom stereocenters. The summed E-state index contributed by atoms with van der Waals surface area (Å²) in [6.07, 6.45) is 1.12. The van der Waals surface area contributed by atoms with Gasteiger partial charge in [0.2, 0.25) is 0 Å². The maximum absolute atomic E-state index is 11.5. The van der Waals surface area contributed by atoms with Crippen molar-refractivity contribution in [2.75, 3.05) is 0 Å². The summed E-state index contributed by atoms with van der Waals surface area (Å²) in [5.41, 5.74) is 1.86. The number of aromatic nitrogens is 1. The highest BCUT2D eigenvalue weighted by Crippen LogP contribution is 2.05. The summed E-state index contributed by atoms with van der Waals surface area (Å²) in [7, 11) is 0. The molecule has 0 N–H and O–H groups in total. The molecule has 1 rings (SSSR count). The molecule has 76 valence electrons. The number of pyridine rings is 1. The normalized spacial score (nSPS) is 10.6. The molecule has 0 fully saturated rings. The molecule has 0 aromatic carbocycles. The van der Waals surface area contributed by atoms with E-state index in [4.69, 9.17) is 0 Å². The Morgan fingerprint density at radius 3 is 2.71 bits per heavy atom. The lowest BCUT2D eigenvalue weighted by Gasteiger charge is -2.03. The molecule has 0 atom stereocenters. The summed E-state index contributed by atoms with van der Waals surface area (Å²) in [5.74, 6) is 0.713. The second kappa shape index (κ2) is 4.89. The Labute approximate surface area is 85.4 Å². The Hall–Kier alpha value is -1.18. The number of nitrogens with zero attached hydrogens (tertiary/aromatic N) is 1. The third-order valence-electron chi connectivity index (χ3n) is 1.96. The van der Waals surface area contributed by atoms with Gasteiger partial charge in [-0.2, -0.15) is 0 Å². The molecule has 1 aromatic rings. The minimum Gasteiger partial charge on any atom is -0.299 e. The highest BCUT2D eigenvalue weighted by atomic mass is 16.1. The third-order valence-corrected chi connectivity index (χ3v) is 1.96. The fourth-order valence-electron chi connectivity index (χ4n) is 1.43. The molecule has 14 heavy (non-hydrogen) atoms. The number of rotatable bonds is 4. The molecule has 0 aliphatic carbocycles. The highest BCUT2D eigenvalue weighted by molar-refractivity contribution is 5.80.